The lowest BCUT2D eigenvalue weighted by molar-refractivity contribution is 0.161. The Morgan fingerprint density at radius 3 is 2.85 bits per heavy atom. The van der Waals surface area contributed by atoms with Gasteiger partial charge in [0.15, 0.2) is 11.5 Å². The molecule has 1 aromatic carbocycles. The van der Waals surface area contributed by atoms with Crippen molar-refractivity contribution in [3.05, 3.63) is 22.7 Å². The van der Waals surface area contributed by atoms with Crippen molar-refractivity contribution in [2.75, 3.05) is 19.8 Å². The maximum Gasteiger partial charge on any atom is 0.179 e. The third-order valence-electron chi connectivity index (χ3n) is 3.39. The quantitative estimate of drug-likeness (QED) is 0.848. The molecular formula is C15H22ClNO3. The van der Waals surface area contributed by atoms with Crippen molar-refractivity contribution in [2.45, 2.75) is 38.8 Å². The summed E-state index contributed by atoms with van der Waals surface area (Å²) in [5.74, 6) is 1.18. The fourth-order valence-corrected chi connectivity index (χ4v) is 2.56. The summed E-state index contributed by atoms with van der Waals surface area (Å²) in [7, 11) is 0. The van der Waals surface area contributed by atoms with Gasteiger partial charge in [-0.1, -0.05) is 24.9 Å². The predicted molar refractivity (Wildman–Crippen MR) is 79.8 cm³/mol. The van der Waals surface area contributed by atoms with Gasteiger partial charge in [-0.15, -0.1) is 0 Å². The van der Waals surface area contributed by atoms with Crippen LogP contribution in [-0.4, -0.2) is 30.9 Å². The van der Waals surface area contributed by atoms with E-state index in [0.29, 0.717) is 42.3 Å². The van der Waals surface area contributed by atoms with Crippen molar-refractivity contribution in [1.29, 1.82) is 0 Å². The maximum absolute atomic E-state index is 10.2. The van der Waals surface area contributed by atoms with E-state index in [4.69, 9.17) is 21.1 Å². The second-order valence-corrected chi connectivity index (χ2v) is 5.55. The largest absolute Gasteiger partial charge is 0.486 e. The van der Waals surface area contributed by atoms with E-state index in [-0.39, 0.29) is 0 Å². The summed E-state index contributed by atoms with van der Waals surface area (Å²) >= 11 is 6.17. The molecule has 0 fully saturated rings. The Balaban J connectivity index is 2.03. The fraction of sp³-hybridized carbons (Fsp3) is 0.600. The van der Waals surface area contributed by atoms with Crippen molar-refractivity contribution < 1.29 is 14.6 Å². The number of halogens is 1. The van der Waals surface area contributed by atoms with Gasteiger partial charge in [-0.2, -0.15) is 0 Å². The van der Waals surface area contributed by atoms with Crippen LogP contribution in [0.5, 0.6) is 11.5 Å². The average Bonchev–Trinajstić information content (AvgIpc) is 2.45. The monoisotopic (exact) mass is 299 g/mol. The van der Waals surface area contributed by atoms with E-state index in [1.54, 1.807) is 12.1 Å². The predicted octanol–water partition coefficient (Wildman–Crippen LogP) is 2.92. The van der Waals surface area contributed by atoms with Crippen LogP contribution in [0.2, 0.25) is 5.02 Å². The van der Waals surface area contributed by atoms with Crippen LogP contribution in [-0.2, 0) is 0 Å². The van der Waals surface area contributed by atoms with E-state index in [0.717, 1.165) is 18.4 Å². The Morgan fingerprint density at radius 1 is 1.35 bits per heavy atom. The summed E-state index contributed by atoms with van der Waals surface area (Å²) < 4.78 is 11.0. The van der Waals surface area contributed by atoms with Crippen LogP contribution in [0, 0.1) is 0 Å². The molecule has 112 valence electrons. The summed E-state index contributed by atoms with van der Waals surface area (Å²) in [6.07, 6.45) is 1.61. The molecule has 0 spiro atoms. The molecule has 0 bridgehead atoms. The number of benzene rings is 1. The zero-order chi connectivity index (χ0) is 14.5. The molecule has 0 saturated carbocycles. The highest BCUT2D eigenvalue weighted by Gasteiger charge is 2.19. The van der Waals surface area contributed by atoms with Crippen molar-refractivity contribution in [3.8, 4) is 11.5 Å². The van der Waals surface area contributed by atoms with Gasteiger partial charge in [-0.05, 0) is 31.0 Å². The lowest BCUT2D eigenvalue weighted by atomic mass is 10.1. The second kappa shape index (κ2) is 7.16. The topological polar surface area (TPSA) is 50.7 Å². The van der Waals surface area contributed by atoms with Gasteiger partial charge in [0.05, 0.1) is 11.1 Å². The number of ether oxygens (including phenoxy) is 2. The van der Waals surface area contributed by atoms with Gasteiger partial charge >= 0.3 is 0 Å². The molecule has 2 rings (SSSR count). The van der Waals surface area contributed by atoms with Crippen LogP contribution in [0.25, 0.3) is 0 Å². The number of aliphatic hydroxyl groups excluding tert-OH is 1. The lowest BCUT2D eigenvalue weighted by Crippen LogP contribution is -2.30. The Morgan fingerprint density at radius 2 is 2.10 bits per heavy atom. The van der Waals surface area contributed by atoms with Crippen molar-refractivity contribution in [2.24, 2.45) is 0 Å². The van der Waals surface area contributed by atoms with E-state index < -0.39 is 6.10 Å². The molecule has 1 heterocycles. The Hall–Kier alpha value is -0.970. The first-order chi connectivity index (χ1) is 9.61. The Bertz CT molecular complexity index is 453. The Kier molecular flexibility index (Phi) is 5.52. The first kappa shape index (κ1) is 15.4. The molecule has 0 saturated heterocycles. The summed E-state index contributed by atoms with van der Waals surface area (Å²) in [5, 5.41) is 14.0. The molecule has 4 nitrogen and oxygen atoms in total. The van der Waals surface area contributed by atoms with E-state index in [1.165, 1.54) is 0 Å². The minimum atomic E-state index is -0.609. The van der Waals surface area contributed by atoms with Gasteiger partial charge in [-0.25, -0.2) is 0 Å². The zero-order valence-electron chi connectivity index (χ0n) is 12.0. The van der Waals surface area contributed by atoms with Gasteiger partial charge in [0.1, 0.15) is 13.2 Å². The summed E-state index contributed by atoms with van der Waals surface area (Å²) in [6.45, 7) is 5.78. The highest BCUT2D eigenvalue weighted by atomic mass is 35.5. The number of aliphatic hydroxyl groups is 1. The van der Waals surface area contributed by atoms with E-state index in [1.807, 2.05) is 0 Å². The SMILES string of the molecule is CCCC(C)NCC(O)c1cc(Cl)c2c(c1)OCCO2. The van der Waals surface area contributed by atoms with Crippen LogP contribution in [0.3, 0.4) is 0 Å². The van der Waals surface area contributed by atoms with Crippen molar-refractivity contribution in [1.82, 2.24) is 5.32 Å². The van der Waals surface area contributed by atoms with Gasteiger partial charge in [0.2, 0.25) is 0 Å². The molecule has 1 aromatic rings. The standard InChI is InChI=1S/C15H22ClNO3/c1-3-4-10(2)17-9-13(18)11-7-12(16)15-14(8-11)19-5-6-20-15/h7-8,10,13,17-18H,3-6,9H2,1-2H3. The second-order valence-electron chi connectivity index (χ2n) is 5.14. The number of fused-ring (bicyclic) bond motifs is 1. The molecule has 2 atom stereocenters. The molecule has 20 heavy (non-hydrogen) atoms. The van der Waals surface area contributed by atoms with Gasteiger partial charge in [0.25, 0.3) is 0 Å². The number of hydrogen-bond acceptors (Lipinski definition) is 4. The van der Waals surface area contributed by atoms with Crippen molar-refractivity contribution >= 4 is 11.6 Å². The van der Waals surface area contributed by atoms with Crippen LogP contribution in [0.1, 0.15) is 38.4 Å². The van der Waals surface area contributed by atoms with Gasteiger partial charge in [0, 0.05) is 12.6 Å². The summed E-state index contributed by atoms with van der Waals surface area (Å²) in [4.78, 5) is 0. The highest BCUT2D eigenvalue weighted by Crippen LogP contribution is 2.39. The minimum Gasteiger partial charge on any atom is -0.486 e. The van der Waals surface area contributed by atoms with E-state index in [2.05, 4.69) is 19.2 Å². The van der Waals surface area contributed by atoms with Crippen LogP contribution in [0.15, 0.2) is 12.1 Å². The molecule has 0 aromatic heterocycles. The van der Waals surface area contributed by atoms with Crippen LogP contribution < -0.4 is 14.8 Å². The minimum absolute atomic E-state index is 0.391. The Labute approximate surface area is 125 Å². The lowest BCUT2D eigenvalue weighted by Gasteiger charge is -2.22. The molecule has 0 amide bonds. The molecule has 1 aliphatic heterocycles. The summed E-state index contributed by atoms with van der Waals surface area (Å²) in [6, 6.07) is 3.94. The smallest absolute Gasteiger partial charge is 0.179 e. The fourth-order valence-electron chi connectivity index (χ4n) is 2.29. The van der Waals surface area contributed by atoms with Gasteiger partial charge in [-0.3, -0.25) is 0 Å². The van der Waals surface area contributed by atoms with Crippen molar-refractivity contribution in [3.63, 3.8) is 0 Å². The third kappa shape index (κ3) is 3.78. The van der Waals surface area contributed by atoms with Gasteiger partial charge < -0.3 is 19.9 Å². The highest BCUT2D eigenvalue weighted by molar-refractivity contribution is 6.32. The van der Waals surface area contributed by atoms with E-state index >= 15 is 0 Å². The molecule has 0 aliphatic carbocycles. The van der Waals surface area contributed by atoms with Crippen LogP contribution in [0.4, 0.5) is 0 Å². The molecule has 0 radical (unpaired) electrons. The molecule has 5 heteroatoms. The number of hydrogen-bond donors (Lipinski definition) is 2. The van der Waals surface area contributed by atoms with Crippen LogP contribution >= 0.6 is 11.6 Å². The molecule has 1 aliphatic rings. The first-order valence-electron chi connectivity index (χ1n) is 7.12. The zero-order valence-corrected chi connectivity index (χ0v) is 12.7. The average molecular weight is 300 g/mol. The van der Waals surface area contributed by atoms with E-state index in [9.17, 15) is 5.11 Å². The molecule has 2 N–H and O–H groups in total. The summed E-state index contributed by atoms with van der Waals surface area (Å²) in [5.41, 5.74) is 0.746. The normalized spacial score (nSPS) is 16.8. The third-order valence-corrected chi connectivity index (χ3v) is 3.67. The maximum atomic E-state index is 10.2. The first-order valence-corrected chi connectivity index (χ1v) is 7.50. The molecule has 2 unspecified atom stereocenters. The molecular weight excluding hydrogens is 278 g/mol. The number of rotatable bonds is 6. The number of nitrogens with one attached hydrogen (secondary N) is 1.